The van der Waals surface area contributed by atoms with E-state index in [0.717, 1.165) is 17.0 Å². The topological polar surface area (TPSA) is 114 Å². The molecule has 1 atom stereocenters. The van der Waals surface area contributed by atoms with E-state index in [1.54, 1.807) is 6.07 Å². The molecule has 0 radical (unpaired) electrons. The largest absolute Gasteiger partial charge is 0.493 e. The fraction of sp³-hybridized carbons (Fsp3) is 0.318. The second-order valence-electron chi connectivity index (χ2n) is 7.18. The van der Waals surface area contributed by atoms with Gasteiger partial charge in [0, 0.05) is 43.4 Å². The minimum Gasteiger partial charge on any atom is -0.493 e. The molecule has 1 fully saturated rings. The molecular formula is C22H24F2N4O5. The lowest BCUT2D eigenvalue weighted by Crippen LogP contribution is -2.54. The van der Waals surface area contributed by atoms with Gasteiger partial charge in [-0.3, -0.25) is 14.4 Å². The van der Waals surface area contributed by atoms with Crippen LogP contribution in [0, 0.1) is 11.6 Å². The normalized spacial score (nSPS) is 15.4. The Balaban J connectivity index is 1.95. The van der Waals surface area contributed by atoms with Crippen molar-refractivity contribution in [1.29, 1.82) is 0 Å². The molecule has 1 unspecified atom stereocenters. The Hall–Kier alpha value is -3.73. The average molecular weight is 462 g/mol. The smallest absolute Gasteiger partial charge is 0.263 e. The van der Waals surface area contributed by atoms with Gasteiger partial charge in [0.2, 0.25) is 0 Å². The van der Waals surface area contributed by atoms with Crippen LogP contribution in [0.5, 0.6) is 11.5 Å². The third-order valence-corrected chi connectivity index (χ3v) is 5.11. The first-order valence-electron chi connectivity index (χ1n) is 10.1. The predicted molar refractivity (Wildman–Crippen MR) is 114 cm³/mol. The van der Waals surface area contributed by atoms with Crippen molar-refractivity contribution in [3.05, 3.63) is 59.2 Å². The number of carbonyl (C=O) groups excluding carboxylic acids is 3. The number of nitrogens with one attached hydrogen (secondary N) is 1. The summed E-state index contributed by atoms with van der Waals surface area (Å²) in [6.45, 7) is 0.267. The second kappa shape index (κ2) is 10.3. The van der Waals surface area contributed by atoms with Crippen LogP contribution < -0.4 is 20.5 Å². The molecule has 9 nitrogen and oxygen atoms in total. The summed E-state index contributed by atoms with van der Waals surface area (Å²) in [5, 5.41) is 2.57. The maximum atomic E-state index is 13.7. The van der Waals surface area contributed by atoms with Crippen LogP contribution in [0.4, 0.5) is 8.78 Å². The molecule has 2 aromatic carbocycles. The molecule has 1 aliphatic rings. The van der Waals surface area contributed by atoms with E-state index in [4.69, 9.17) is 15.2 Å². The molecule has 3 rings (SSSR count). The maximum Gasteiger partial charge on any atom is 0.263 e. The number of carbonyl (C=O) groups is 3. The molecular weight excluding hydrogens is 438 g/mol. The highest BCUT2D eigenvalue weighted by Gasteiger charge is 2.43. The molecule has 0 aromatic heterocycles. The van der Waals surface area contributed by atoms with Gasteiger partial charge in [0.15, 0.2) is 17.7 Å². The number of ether oxygens (including phenoxy) is 2. The lowest BCUT2D eigenvalue weighted by Gasteiger charge is -2.29. The van der Waals surface area contributed by atoms with Crippen molar-refractivity contribution in [2.45, 2.75) is 6.17 Å². The summed E-state index contributed by atoms with van der Waals surface area (Å²) in [6.07, 6.45) is -1.34. The van der Waals surface area contributed by atoms with Gasteiger partial charge in [-0.15, -0.1) is 0 Å². The van der Waals surface area contributed by atoms with Crippen LogP contribution in [-0.2, 0) is 4.79 Å². The molecule has 3 amide bonds. The monoisotopic (exact) mass is 462 g/mol. The summed E-state index contributed by atoms with van der Waals surface area (Å²) in [4.78, 5) is 41.5. The first-order chi connectivity index (χ1) is 15.8. The average Bonchev–Trinajstić information content (AvgIpc) is 3.25. The van der Waals surface area contributed by atoms with E-state index in [2.05, 4.69) is 5.32 Å². The Bertz CT molecular complexity index is 1040. The van der Waals surface area contributed by atoms with Gasteiger partial charge in [-0.05, 0) is 30.3 Å². The molecule has 0 aliphatic carbocycles. The third kappa shape index (κ3) is 5.03. The Morgan fingerprint density at radius 2 is 1.52 bits per heavy atom. The SMILES string of the molecule is COc1ccc(C(=O)N2CCN(C(=O)c3cc(F)cc(F)c3)C2C(=O)NCCN)cc1OC. The summed E-state index contributed by atoms with van der Waals surface area (Å²) in [5.41, 5.74) is 5.38. The van der Waals surface area contributed by atoms with E-state index < -0.39 is 35.5 Å². The third-order valence-electron chi connectivity index (χ3n) is 5.11. The van der Waals surface area contributed by atoms with Crippen molar-refractivity contribution in [1.82, 2.24) is 15.1 Å². The van der Waals surface area contributed by atoms with Gasteiger partial charge in [0.1, 0.15) is 11.6 Å². The quantitative estimate of drug-likeness (QED) is 0.634. The summed E-state index contributed by atoms with van der Waals surface area (Å²) in [7, 11) is 2.87. The van der Waals surface area contributed by atoms with Crippen LogP contribution in [0.1, 0.15) is 20.7 Å². The Morgan fingerprint density at radius 1 is 0.939 bits per heavy atom. The van der Waals surface area contributed by atoms with Gasteiger partial charge in [0.05, 0.1) is 14.2 Å². The van der Waals surface area contributed by atoms with Crippen molar-refractivity contribution < 1.29 is 32.6 Å². The van der Waals surface area contributed by atoms with Crippen molar-refractivity contribution >= 4 is 17.7 Å². The van der Waals surface area contributed by atoms with Gasteiger partial charge < -0.3 is 30.3 Å². The number of rotatable bonds is 7. The molecule has 1 aliphatic heterocycles. The molecule has 1 saturated heterocycles. The van der Waals surface area contributed by atoms with E-state index in [1.807, 2.05) is 0 Å². The molecule has 176 valence electrons. The fourth-order valence-corrected chi connectivity index (χ4v) is 3.60. The fourth-order valence-electron chi connectivity index (χ4n) is 3.60. The first-order valence-corrected chi connectivity index (χ1v) is 10.1. The van der Waals surface area contributed by atoms with Crippen molar-refractivity contribution in [2.75, 3.05) is 40.4 Å². The Labute approximate surface area is 189 Å². The summed E-state index contributed by atoms with van der Waals surface area (Å²) < 4.78 is 37.7. The number of nitrogens with two attached hydrogens (primary N) is 1. The summed E-state index contributed by atoms with van der Waals surface area (Å²) in [6, 6.07) is 6.90. The van der Waals surface area contributed by atoms with Crippen LogP contribution >= 0.6 is 0 Å². The number of halogens is 2. The molecule has 3 N–H and O–H groups in total. The van der Waals surface area contributed by atoms with E-state index in [1.165, 1.54) is 31.3 Å². The molecule has 0 spiro atoms. The molecule has 0 saturated carbocycles. The van der Waals surface area contributed by atoms with Crippen LogP contribution in [0.15, 0.2) is 36.4 Å². The molecule has 11 heteroatoms. The maximum absolute atomic E-state index is 13.7. The van der Waals surface area contributed by atoms with Crippen LogP contribution in [0.2, 0.25) is 0 Å². The van der Waals surface area contributed by atoms with E-state index in [-0.39, 0.29) is 37.3 Å². The number of methoxy groups -OCH3 is 2. The molecule has 2 aromatic rings. The molecule has 1 heterocycles. The van der Waals surface area contributed by atoms with E-state index >= 15 is 0 Å². The zero-order valence-corrected chi connectivity index (χ0v) is 18.1. The van der Waals surface area contributed by atoms with Crippen molar-refractivity contribution in [3.8, 4) is 11.5 Å². The molecule has 0 bridgehead atoms. The number of hydrogen-bond acceptors (Lipinski definition) is 6. The van der Waals surface area contributed by atoms with Crippen molar-refractivity contribution in [2.24, 2.45) is 5.73 Å². The summed E-state index contributed by atoms with van der Waals surface area (Å²) >= 11 is 0. The minimum atomic E-state index is -1.34. The number of amides is 3. The van der Waals surface area contributed by atoms with Crippen LogP contribution in [0.3, 0.4) is 0 Å². The molecule has 33 heavy (non-hydrogen) atoms. The van der Waals surface area contributed by atoms with E-state index in [9.17, 15) is 23.2 Å². The second-order valence-corrected chi connectivity index (χ2v) is 7.18. The lowest BCUT2D eigenvalue weighted by atomic mass is 10.1. The predicted octanol–water partition coefficient (Wildman–Crippen LogP) is 0.981. The highest BCUT2D eigenvalue weighted by atomic mass is 19.1. The minimum absolute atomic E-state index is 0.0172. The number of benzene rings is 2. The Morgan fingerprint density at radius 3 is 2.06 bits per heavy atom. The van der Waals surface area contributed by atoms with Gasteiger partial charge in [0.25, 0.3) is 17.7 Å². The van der Waals surface area contributed by atoms with Gasteiger partial charge in [-0.25, -0.2) is 8.78 Å². The van der Waals surface area contributed by atoms with Crippen LogP contribution in [0.25, 0.3) is 0 Å². The van der Waals surface area contributed by atoms with Crippen molar-refractivity contribution in [3.63, 3.8) is 0 Å². The zero-order chi connectivity index (χ0) is 24.1. The highest BCUT2D eigenvalue weighted by Crippen LogP contribution is 2.29. The standard InChI is InChI=1S/C22H24F2N4O5/c1-32-17-4-3-13(11-18(17)33-2)21(30)27-7-8-28(20(27)19(29)26-6-5-25)22(31)14-9-15(23)12-16(24)10-14/h3-4,9-12,20H,5-8,25H2,1-2H3,(H,26,29). The van der Waals surface area contributed by atoms with E-state index in [0.29, 0.717) is 17.6 Å². The van der Waals surface area contributed by atoms with Gasteiger partial charge in [-0.1, -0.05) is 0 Å². The number of hydrogen-bond donors (Lipinski definition) is 2. The Kier molecular flexibility index (Phi) is 7.44. The van der Waals surface area contributed by atoms with Gasteiger partial charge >= 0.3 is 0 Å². The highest BCUT2D eigenvalue weighted by molar-refractivity contribution is 6.02. The first kappa shape index (κ1) is 23.9. The number of nitrogens with zero attached hydrogens (tertiary/aromatic N) is 2. The lowest BCUT2D eigenvalue weighted by molar-refractivity contribution is -0.128. The van der Waals surface area contributed by atoms with Gasteiger partial charge in [-0.2, -0.15) is 0 Å². The summed E-state index contributed by atoms with van der Waals surface area (Å²) in [5.74, 6) is -3.10. The zero-order valence-electron chi connectivity index (χ0n) is 18.1. The van der Waals surface area contributed by atoms with Crippen LogP contribution in [-0.4, -0.2) is 74.1 Å².